The molecule has 5 N–H and O–H groups in total. The highest BCUT2D eigenvalue weighted by Gasteiger charge is 2.43. The van der Waals surface area contributed by atoms with Gasteiger partial charge in [-0.25, -0.2) is 24.6 Å². The topological polar surface area (TPSA) is 228 Å². The van der Waals surface area contributed by atoms with E-state index in [4.69, 9.17) is 27.3 Å². The van der Waals surface area contributed by atoms with E-state index in [0.29, 0.717) is 105 Å². The zero-order valence-electron chi connectivity index (χ0n) is 44.6. The molecule has 0 spiro atoms. The van der Waals surface area contributed by atoms with Crippen LogP contribution in [-0.4, -0.2) is 162 Å². The van der Waals surface area contributed by atoms with Crippen molar-refractivity contribution in [3.63, 3.8) is 0 Å². The maximum absolute atomic E-state index is 14.5. The van der Waals surface area contributed by atoms with Gasteiger partial charge in [-0.3, -0.25) is 19.3 Å². The first-order chi connectivity index (χ1) is 36.5. The largest absolute Gasteiger partial charge is 0.391 e. The van der Waals surface area contributed by atoms with Crippen molar-refractivity contribution in [2.24, 2.45) is 23.0 Å². The first-order valence-electron chi connectivity index (χ1n) is 26.7. The molecule has 4 aliphatic heterocycles. The van der Waals surface area contributed by atoms with E-state index < -0.39 is 18.2 Å². The third-order valence-electron chi connectivity index (χ3n) is 16.0. The number of likely N-dealkylation sites (tertiary alicyclic amines) is 1. The summed E-state index contributed by atoms with van der Waals surface area (Å²) in [5, 5.41) is 34.0. The van der Waals surface area contributed by atoms with Crippen molar-refractivity contribution in [2.75, 3.05) is 81.8 Å². The number of pyridine rings is 1. The number of rotatable bonds is 17. The van der Waals surface area contributed by atoms with E-state index in [0.717, 1.165) is 58.1 Å². The van der Waals surface area contributed by atoms with Gasteiger partial charge < -0.3 is 40.9 Å². The Bertz CT molecular complexity index is 2840. The molecule has 0 radical (unpaired) electrons. The van der Waals surface area contributed by atoms with Gasteiger partial charge in [-0.2, -0.15) is 0 Å². The monoisotopic (exact) mass is 1100 g/mol. The summed E-state index contributed by atoms with van der Waals surface area (Å²) in [5.74, 6) is 0.733. The summed E-state index contributed by atoms with van der Waals surface area (Å²) in [6.45, 7) is 18.7. The summed E-state index contributed by atoms with van der Waals surface area (Å²) >= 11 is 10.0. The number of nitrogens with two attached hydrogens (primary N) is 1. The van der Waals surface area contributed by atoms with Crippen LogP contribution in [0.3, 0.4) is 0 Å². The number of nitrogens with one attached hydrogen (secondary N) is 1. The highest BCUT2D eigenvalue weighted by molar-refractivity contribution is 7.99. The van der Waals surface area contributed by atoms with Crippen molar-refractivity contribution in [1.29, 1.82) is 0 Å². The lowest BCUT2D eigenvalue weighted by Crippen LogP contribution is -2.52. The smallest absolute Gasteiger partial charge is 0.248 e. The molecule has 408 valence electrons. The molecule has 22 heteroatoms. The number of anilines is 2. The Balaban J connectivity index is 0.803. The summed E-state index contributed by atoms with van der Waals surface area (Å²) in [6.07, 6.45) is 8.39. The van der Waals surface area contributed by atoms with E-state index in [1.165, 1.54) is 16.7 Å². The average Bonchev–Trinajstić information content (AvgIpc) is 4.17. The molecule has 9 rings (SSSR count). The van der Waals surface area contributed by atoms with Crippen LogP contribution in [0.2, 0.25) is 5.02 Å². The van der Waals surface area contributed by atoms with Crippen molar-refractivity contribution in [3.05, 3.63) is 81.6 Å². The number of halogens is 1. The second-order valence-corrected chi connectivity index (χ2v) is 24.0. The first-order valence-corrected chi connectivity index (χ1v) is 28.8. The van der Waals surface area contributed by atoms with Crippen molar-refractivity contribution >= 4 is 64.1 Å². The van der Waals surface area contributed by atoms with Gasteiger partial charge in [-0.05, 0) is 93.5 Å². The van der Waals surface area contributed by atoms with Crippen LogP contribution < -0.4 is 20.9 Å². The Morgan fingerprint density at radius 3 is 2.36 bits per heavy atom. The fourth-order valence-corrected chi connectivity index (χ4v) is 13.2. The van der Waals surface area contributed by atoms with Gasteiger partial charge in [-0.1, -0.05) is 67.5 Å². The molecule has 0 unspecified atom stereocenters. The molecular weight excluding hydrogens is 1020 g/mol. The van der Waals surface area contributed by atoms with Crippen LogP contribution in [0.5, 0.6) is 0 Å². The number of carbonyl (C=O) groups excluding carboxylic acids is 3. The minimum Gasteiger partial charge on any atom is -0.391 e. The van der Waals surface area contributed by atoms with E-state index in [1.54, 1.807) is 34.6 Å². The van der Waals surface area contributed by atoms with Crippen molar-refractivity contribution < 1.29 is 24.6 Å². The molecule has 19 nitrogen and oxygen atoms in total. The molecule has 0 saturated carbocycles. The summed E-state index contributed by atoms with van der Waals surface area (Å²) in [7, 11) is 0. The van der Waals surface area contributed by atoms with Crippen LogP contribution >= 0.6 is 34.7 Å². The Labute approximate surface area is 459 Å². The second-order valence-electron chi connectivity index (χ2n) is 21.7. The minimum absolute atomic E-state index is 0.0531. The lowest BCUT2D eigenvalue weighted by atomic mass is 9.80. The summed E-state index contributed by atoms with van der Waals surface area (Å²) in [5.41, 5.74) is 13.3. The third kappa shape index (κ3) is 12.3. The number of amides is 3. The molecule has 3 amide bonds. The maximum Gasteiger partial charge on any atom is 0.248 e. The molecule has 4 atom stereocenters. The number of aryl methyl sites for hydroxylation is 3. The number of thiazole rings is 1. The van der Waals surface area contributed by atoms with Gasteiger partial charge in [0.1, 0.15) is 28.6 Å². The number of benzene rings is 1. The minimum atomic E-state index is -0.861. The van der Waals surface area contributed by atoms with Crippen molar-refractivity contribution in [3.8, 4) is 10.4 Å². The normalized spacial score (nSPS) is 20.4. The molecular formula is C54H73ClN14O5S2. The van der Waals surface area contributed by atoms with Gasteiger partial charge in [0.05, 0.1) is 51.7 Å². The van der Waals surface area contributed by atoms with Crippen molar-refractivity contribution in [2.45, 2.75) is 121 Å². The summed E-state index contributed by atoms with van der Waals surface area (Å²) in [6, 6.07) is 6.25. The van der Waals surface area contributed by atoms with Crippen LogP contribution in [0.1, 0.15) is 99.6 Å². The SMILES string of the molecule is Cc1cn([C@H](C(=O)N2C[C@H](O)C[C@H]2C(=O)N[C@@H](CCN2CCN(C(=O)C3CCN(c4nccc(Sc5cnc(N6CCC(C)(CN)CC6)c(CO)n5)c4Cl)CC3)CC2)c2ccc(-c3scnc3C)cc2C)C(C)C)nn1. The van der Waals surface area contributed by atoms with Gasteiger partial charge in [-0.15, -0.1) is 16.4 Å². The highest BCUT2D eigenvalue weighted by atomic mass is 35.5. The Morgan fingerprint density at radius 1 is 0.974 bits per heavy atom. The molecule has 0 aliphatic carbocycles. The fraction of sp³-hybridized carbons (Fsp3) is 0.574. The Kier molecular flexibility index (Phi) is 17.6. The Hall–Kier alpha value is -5.29. The number of aliphatic hydroxyl groups excluding tert-OH is 2. The zero-order chi connectivity index (χ0) is 53.8. The molecule has 4 saturated heterocycles. The molecule has 8 heterocycles. The predicted octanol–water partition coefficient (Wildman–Crippen LogP) is 5.84. The first kappa shape index (κ1) is 55.5. The summed E-state index contributed by atoms with van der Waals surface area (Å²) < 4.78 is 1.56. The van der Waals surface area contributed by atoms with Crippen LogP contribution in [0.25, 0.3) is 10.4 Å². The predicted molar refractivity (Wildman–Crippen MR) is 295 cm³/mol. The van der Waals surface area contributed by atoms with Gasteiger partial charge >= 0.3 is 0 Å². The number of aliphatic hydroxyl groups is 2. The van der Waals surface area contributed by atoms with E-state index in [2.05, 4.69) is 72.3 Å². The van der Waals surface area contributed by atoms with Crippen LogP contribution in [0.15, 0.2) is 58.3 Å². The standard InChI is InChI=1S/C54H73ClN14O5S2/c1-33(2)47(69-28-35(4)62-63-69)53(74)68-29-39(71)26-43(68)51(72)61-41(40-8-7-38(25-34(40)3)48-36(5)59-32-75-48)12-16-64-21-23-67(24-22-64)52(73)37-10-17-65(18-11-37)50-46(55)44(9-15-57-50)76-45-27-58-49(42(30-70)60-45)66-19-13-54(6,31-56)14-20-66/h7-9,15,25,27-28,32-33,37,39,41,43,47,70-71H,10-14,16-24,26,29-31,56H2,1-6H3,(H,61,72)/t39-,41+,43+,47+/m1/s1. The quantitative estimate of drug-likeness (QED) is 0.0858. The summed E-state index contributed by atoms with van der Waals surface area (Å²) in [4.78, 5) is 73.6. The van der Waals surface area contributed by atoms with E-state index in [9.17, 15) is 24.6 Å². The maximum atomic E-state index is 14.5. The molecule has 0 bridgehead atoms. The molecule has 4 aromatic heterocycles. The van der Waals surface area contributed by atoms with Crippen molar-refractivity contribution in [1.82, 2.24) is 54.9 Å². The number of hydrogen-bond acceptors (Lipinski definition) is 17. The van der Waals surface area contributed by atoms with Gasteiger partial charge in [0, 0.05) is 95.1 Å². The van der Waals surface area contributed by atoms with E-state index in [1.807, 2.05) is 44.2 Å². The van der Waals surface area contributed by atoms with Gasteiger partial charge in [0.15, 0.2) is 5.82 Å². The number of β-amino-alcohol motifs (C(OH)–C–C–N with tert-alkyl or cyclic N) is 1. The van der Waals surface area contributed by atoms with Crippen LogP contribution in [-0.2, 0) is 21.0 Å². The molecule has 1 aromatic carbocycles. The Morgan fingerprint density at radius 2 is 1.71 bits per heavy atom. The van der Waals surface area contributed by atoms with E-state index >= 15 is 0 Å². The van der Waals surface area contributed by atoms with Gasteiger partial charge in [0.25, 0.3) is 0 Å². The lowest BCUT2D eigenvalue weighted by Gasteiger charge is -2.39. The third-order valence-corrected chi connectivity index (χ3v) is 18.4. The van der Waals surface area contributed by atoms with Gasteiger partial charge in [0.2, 0.25) is 17.7 Å². The fourth-order valence-electron chi connectivity index (χ4n) is 11.3. The average molecular weight is 1100 g/mol. The lowest BCUT2D eigenvalue weighted by molar-refractivity contribution is -0.142. The highest BCUT2D eigenvalue weighted by Crippen LogP contribution is 2.40. The molecule has 4 aliphatic rings. The zero-order valence-corrected chi connectivity index (χ0v) is 47.0. The van der Waals surface area contributed by atoms with E-state index in [-0.39, 0.29) is 60.6 Å². The number of piperidine rings is 2. The molecule has 5 aromatic rings. The number of piperazine rings is 1. The number of aromatic nitrogens is 7. The number of hydrogen-bond donors (Lipinski definition) is 4. The molecule has 76 heavy (non-hydrogen) atoms. The second kappa shape index (κ2) is 24.2. The molecule has 4 fully saturated rings. The van der Waals surface area contributed by atoms with Crippen LogP contribution in [0.4, 0.5) is 11.6 Å². The number of nitrogens with zero attached hydrogens (tertiary/aromatic N) is 12. The number of carbonyl (C=O) groups is 3. The van der Waals surface area contributed by atoms with Crippen LogP contribution in [0, 0.1) is 38.0 Å².